The molecule has 6 heteroatoms. The van der Waals surface area contributed by atoms with Crippen LogP contribution in [0.15, 0.2) is 53.0 Å². The zero-order valence-corrected chi connectivity index (χ0v) is 14.0. The molecule has 0 saturated heterocycles. The second-order valence-corrected chi connectivity index (χ2v) is 5.85. The number of carbonyl (C=O) groups excluding carboxylic acids is 2. The fourth-order valence-electron chi connectivity index (χ4n) is 1.99. The molecule has 0 radical (unpaired) electrons. The van der Waals surface area contributed by atoms with E-state index in [1.54, 1.807) is 6.07 Å². The summed E-state index contributed by atoms with van der Waals surface area (Å²) in [5.74, 6) is -1.37. The third-order valence-corrected chi connectivity index (χ3v) is 3.68. The molecule has 2 aromatic rings. The van der Waals surface area contributed by atoms with Crippen molar-refractivity contribution in [3.05, 3.63) is 64.1 Å². The van der Waals surface area contributed by atoms with Gasteiger partial charge in [-0.25, -0.2) is 4.79 Å². The van der Waals surface area contributed by atoms with Gasteiger partial charge in [0.1, 0.15) is 11.3 Å². The quantitative estimate of drug-likeness (QED) is 0.784. The van der Waals surface area contributed by atoms with Crippen LogP contribution >= 0.6 is 15.9 Å². The molecule has 0 aliphatic carbocycles. The lowest BCUT2D eigenvalue weighted by Crippen LogP contribution is -2.31. The molecule has 2 rings (SSSR count). The number of phenols is 1. The van der Waals surface area contributed by atoms with E-state index in [4.69, 9.17) is 4.74 Å². The Balaban J connectivity index is 1.89. The monoisotopic (exact) mass is 377 g/mol. The lowest BCUT2D eigenvalue weighted by atomic mass is 10.1. The number of nitrogens with one attached hydrogen (secondary N) is 1. The van der Waals surface area contributed by atoms with Gasteiger partial charge in [-0.15, -0.1) is 0 Å². The number of rotatable bonds is 5. The first-order valence-corrected chi connectivity index (χ1v) is 7.76. The number of benzene rings is 2. The predicted octanol–water partition coefficient (Wildman–Crippen LogP) is 3.19. The van der Waals surface area contributed by atoms with Crippen LogP contribution in [-0.4, -0.2) is 23.6 Å². The Bertz CT molecular complexity index is 703. The van der Waals surface area contributed by atoms with Crippen molar-refractivity contribution in [2.75, 3.05) is 6.61 Å². The van der Waals surface area contributed by atoms with Crippen molar-refractivity contribution in [3.8, 4) is 5.75 Å². The van der Waals surface area contributed by atoms with Crippen LogP contribution < -0.4 is 5.32 Å². The lowest BCUT2D eigenvalue weighted by molar-refractivity contribution is -0.124. The molecule has 23 heavy (non-hydrogen) atoms. The van der Waals surface area contributed by atoms with Gasteiger partial charge in [-0.2, -0.15) is 0 Å². The van der Waals surface area contributed by atoms with Crippen LogP contribution in [-0.2, 0) is 9.53 Å². The highest BCUT2D eigenvalue weighted by Gasteiger charge is 2.16. The Morgan fingerprint density at radius 1 is 1.22 bits per heavy atom. The van der Waals surface area contributed by atoms with Crippen LogP contribution in [0.3, 0.4) is 0 Å². The SMILES string of the molecule is C[C@H](NC(=O)COC(=O)c1cc(Br)ccc1O)c1ccccc1. The van der Waals surface area contributed by atoms with Crippen molar-refractivity contribution in [2.45, 2.75) is 13.0 Å². The highest BCUT2D eigenvalue weighted by atomic mass is 79.9. The number of carbonyl (C=O) groups is 2. The maximum absolute atomic E-state index is 11.9. The molecule has 0 aliphatic rings. The van der Waals surface area contributed by atoms with Gasteiger partial charge in [0.05, 0.1) is 6.04 Å². The van der Waals surface area contributed by atoms with Crippen LogP contribution in [0.4, 0.5) is 0 Å². The molecule has 0 fully saturated rings. The lowest BCUT2D eigenvalue weighted by Gasteiger charge is -2.14. The summed E-state index contributed by atoms with van der Waals surface area (Å²) in [6, 6.07) is 13.7. The molecule has 0 aromatic heterocycles. The fourth-order valence-corrected chi connectivity index (χ4v) is 2.35. The van der Waals surface area contributed by atoms with Crippen molar-refractivity contribution in [1.82, 2.24) is 5.32 Å². The molecule has 5 nitrogen and oxygen atoms in total. The minimum atomic E-state index is -0.758. The summed E-state index contributed by atoms with van der Waals surface area (Å²) in [6.45, 7) is 1.43. The molecule has 1 atom stereocenters. The van der Waals surface area contributed by atoms with Crippen LogP contribution in [0.1, 0.15) is 28.9 Å². The van der Waals surface area contributed by atoms with Gasteiger partial charge < -0.3 is 15.2 Å². The van der Waals surface area contributed by atoms with Crippen LogP contribution in [0.2, 0.25) is 0 Å². The van der Waals surface area contributed by atoms with Gasteiger partial charge in [0.25, 0.3) is 5.91 Å². The van der Waals surface area contributed by atoms with Gasteiger partial charge >= 0.3 is 5.97 Å². The topological polar surface area (TPSA) is 75.6 Å². The average Bonchev–Trinajstić information content (AvgIpc) is 2.55. The van der Waals surface area contributed by atoms with Crippen molar-refractivity contribution >= 4 is 27.8 Å². The van der Waals surface area contributed by atoms with Crippen molar-refractivity contribution in [3.63, 3.8) is 0 Å². The molecule has 0 unspecified atom stereocenters. The highest BCUT2D eigenvalue weighted by Crippen LogP contribution is 2.22. The Kier molecular flexibility index (Phi) is 5.76. The molecule has 120 valence electrons. The second-order valence-electron chi connectivity index (χ2n) is 4.94. The maximum atomic E-state index is 11.9. The molecule has 0 heterocycles. The number of halogens is 1. The zero-order valence-electron chi connectivity index (χ0n) is 12.5. The molecule has 2 N–H and O–H groups in total. The Labute approximate surface area is 142 Å². The summed E-state index contributed by atoms with van der Waals surface area (Å²) >= 11 is 3.21. The molecule has 0 bridgehead atoms. The molecule has 0 aliphatic heterocycles. The number of aromatic hydroxyl groups is 1. The van der Waals surface area contributed by atoms with Gasteiger partial charge in [-0.3, -0.25) is 4.79 Å². The van der Waals surface area contributed by atoms with E-state index in [0.29, 0.717) is 4.47 Å². The number of amides is 1. The summed E-state index contributed by atoms with van der Waals surface area (Å²) in [4.78, 5) is 23.7. The number of phenolic OH excluding ortho intramolecular Hbond substituents is 1. The Morgan fingerprint density at radius 2 is 1.91 bits per heavy atom. The van der Waals surface area contributed by atoms with E-state index in [0.717, 1.165) is 5.56 Å². The van der Waals surface area contributed by atoms with Gasteiger partial charge in [0.15, 0.2) is 6.61 Å². The van der Waals surface area contributed by atoms with Crippen LogP contribution in [0, 0.1) is 0 Å². The minimum absolute atomic E-state index is 0.00304. The number of esters is 1. The first-order valence-electron chi connectivity index (χ1n) is 6.97. The zero-order chi connectivity index (χ0) is 16.8. The van der Waals surface area contributed by atoms with Crippen LogP contribution in [0.5, 0.6) is 5.75 Å². The standard InChI is InChI=1S/C17H16BrNO4/c1-11(12-5-3-2-4-6-12)19-16(21)10-23-17(22)14-9-13(18)7-8-15(14)20/h2-9,11,20H,10H2,1H3,(H,19,21)/t11-/m0/s1. The molecule has 0 spiro atoms. The second kappa shape index (κ2) is 7.78. The Hall–Kier alpha value is -2.34. The highest BCUT2D eigenvalue weighted by molar-refractivity contribution is 9.10. The summed E-state index contributed by atoms with van der Waals surface area (Å²) in [6.07, 6.45) is 0. The molecular formula is C17H16BrNO4. The summed E-state index contributed by atoms with van der Waals surface area (Å²) < 4.78 is 5.56. The summed E-state index contributed by atoms with van der Waals surface area (Å²) in [5.41, 5.74) is 0.958. The van der Waals surface area contributed by atoms with E-state index in [9.17, 15) is 14.7 Å². The smallest absolute Gasteiger partial charge is 0.342 e. The minimum Gasteiger partial charge on any atom is -0.507 e. The summed E-state index contributed by atoms with van der Waals surface area (Å²) in [5, 5.41) is 12.4. The normalized spacial score (nSPS) is 11.6. The Morgan fingerprint density at radius 3 is 2.61 bits per heavy atom. The van der Waals surface area contributed by atoms with Gasteiger partial charge in [0, 0.05) is 4.47 Å². The number of hydrogen-bond acceptors (Lipinski definition) is 4. The van der Waals surface area contributed by atoms with Crippen molar-refractivity contribution in [2.24, 2.45) is 0 Å². The van der Waals surface area contributed by atoms with E-state index in [1.807, 2.05) is 37.3 Å². The fraction of sp³-hybridized carbons (Fsp3) is 0.176. The van der Waals surface area contributed by atoms with E-state index < -0.39 is 18.5 Å². The first kappa shape index (κ1) is 17.0. The number of hydrogen-bond donors (Lipinski definition) is 2. The predicted molar refractivity (Wildman–Crippen MR) is 89.1 cm³/mol. The molecule has 0 saturated carbocycles. The molecule has 2 aromatic carbocycles. The van der Waals surface area contributed by atoms with Crippen LogP contribution in [0.25, 0.3) is 0 Å². The molecular weight excluding hydrogens is 362 g/mol. The van der Waals surface area contributed by atoms with E-state index in [1.165, 1.54) is 12.1 Å². The van der Waals surface area contributed by atoms with E-state index in [2.05, 4.69) is 21.2 Å². The van der Waals surface area contributed by atoms with Crippen molar-refractivity contribution in [1.29, 1.82) is 0 Å². The van der Waals surface area contributed by atoms with Gasteiger partial charge in [-0.1, -0.05) is 46.3 Å². The first-order chi connectivity index (χ1) is 11.0. The van der Waals surface area contributed by atoms with Gasteiger partial charge in [-0.05, 0) is 30.7 Å². The van der Waals surface area contributed by atoms with E-state index in [-0.39, 0.29) is 17.4 Å². The average molecular weight is 378 g/mol. The number of ether oxygens (including phenoxy) is 1. The molecule has 1 amide bonds. The van der Waals surface area contributed by atoms with E-state index >= 15 is 0 Å². The largest absolute Gasteiger partial charge is 0.507 e. The van der Waals surface area contributed by atoms with Gasteiger partial charge in [0.2, 0.25) is 0 Å². The third-order valence-electron chi connectivity index (χ3n) is 3.19. The van der Waals surface area contributed by atoms with Crippen molar-refractivity contribution < 1.29 is 19.4 Å². The summed E-state index contributed by atoms with van der Waals surface area (Å²) in [7, 11) is 0. The maximum Gasteiger partial charge on any atom is 0.342 e. The third kappa shape index (κ3) is 4.82.